The van der Waals surface area contributed by atoms with Crippen LogP contribution in [0.1, 0.15) is 28.4 Å². The van der Waals surface area contributed by atoms with E-state index in [-0.39, 0.29) is 10.8 Å². The molecule has 1 unspecified atom stereocenters. The first kappa shape index (κ1) is 14.5. The van der Waals surface area contributed by atoms with Crippen molar-refractivity contribution in [2.75, 3.05) is 0 Å². The second kappa shape index (κ2) is 5.61. The fourth-order valence-corrected chi connectivity index (χ4v) is 2.67. The Balaban J connectivity index is 2.53. The monoisotopic (exact) mass is 342 g/mol. The molecule has 2 rings (SSSR count). The van der Waals surface area contributed by atoms with Crippen LogP contribution in [0.4, 0.5) is 4.39 Å². The van der Waals surface area contributed by atoms with Crippen LogP contribution in [0.2, 0.25) is 5.02 Å². The Kier molecular flexibility index (Phi) is 4.29. The zero-order valence-electron chi connectivity index (χ0n) is 10.5. The maximum atomic E-state index is 13.4. The molecule has 19 heavy (non-hydrogen) atoms. The number of rotatable bonds is 2. The average Bonchev–Trinajstić information content (AvgIpc) is 2.36. The summed E-state index contributed by atoms with van der Waals surface area (Å²) in [7, 11) is 0. The molecule has 1 atom stereocenters. The topological polar surface area (TPSA) is 20.2 Å². The van der Waals surface area contributed by atoms with Crippen molar-refractivity contribution in [3.63, 3.8) is 0 Å². The van der Waals surface area contributed by atoms with Crippen LogP contribution in [0.25, 0.3) is 0 Å². The lowest BCUT2D eigenvalue weighted by Crippen LogP contribution is -2.03. The molecule has 0 spiro atoms. The van der Waals surface area contributed by atoms with E-state index in [2.05, 4.69) is 15.9 Å². The minimum atomic E-state index is -0.888. The normalized spacial score (nSPS) is 12.5. The van der Waals surface area contributed by atoms with Crippen molar-refractivity contribution in [1.82, 2.24) is 0 Å². The van der Waals surface area contributed by atoms with Crippen LogP contribution in [0.3, 0.4) is 0 Å². The first-order valence-corrected chi connectivity index (χ1v) is 6.97. The highest BCUT2D eigenvalue weighted by molar-refractivity contribution is 9.10. The van der Waals surface area contributed by atoms with E-state index in [1.54, 1.807) is 13.0 Å². The van der Waals surface area contributed by atoms with Crippen molar-refractivity contribution >= 4 is 27.5 Å². The molecule has 0 aliphatic heterocycles. The number of aliphatic hydroxyl groups is 1. The molecule has 1 nitrogen and oxygen atoms in total. The van der Waals surface area contributed by atoms with Crippen molar-refractivity contribution in [3.05, 3.63) is 67.9 Å². The summed E-state index contributed by atoms with van der Waals surface area (Å²) in [4.78, 5) is 0. The van der Waals surface area contributed by atoms with Crippen molar-refractivity contribution in [2.24, 2.45) is 0 Å². The van der Waals surface area contributed by atoms with Gasteiger partial charge in [0.25, 0.3) is 0 Å². The van der Waals surface area contributed by atoms with Crippen LogP contribution in [0.5, 0.6) is 0 Å². The van der Waals surface area contributed by atoms with Gasteiger partial charge in [-0.05, 0) is 42.7 Å². The van der Waals surface area contributed by atoms with E-state index in [1.807, 2.05) is 25.1 Å². The maximum Gasteiger partial charge on any atom is 0.127 e. The van der Waals surface area contributed by atoms with Gasteiger partial charge in [-0.2, -0.15) is 0 Å². The predicted molar refractivity (Wildman–Crippen MR) is 79.1 cm³/mol. The molecule has 2 aromatic carbocycles. The summed E-state index contributed by atoms with van der Waals surface area (Å²) >= 11 is 9.48. The van der Waals surface area contributed by atoms with Crippen LogP contribution < -0.4 is 0 Å². The molecule has 0 fully saturated rings. The molecule has 0 heterocycles. The molecular weight excluding hydrogens is 331 g/mol. The number of hydrogen-bond acceptors (Lipinski definition) is 1. The Morgan fingerprint density at radius 1 is 1.16 bits per heavy atom. The lowest BCUT2D eigenvalue weighted by Gasteiger charge is -2.17. The van der Waals surface area contributed by atoms with Crippen molar-refractivity contribution in [2.45, 2.75) is 20.0 Å². The van der Waals surface area contributed by atoms with Crippen LogP contribution in [0.15, 0.2) is 34.8 Å². The highest BCUT2D eigenvalue weighted by Crippen LogP contribution is 2.34. The third-order valence-electron chi connectivity index (χ3n) is 3.09. The van der Waals surface area contributed by atoms with Gasteiger partial charge >= 0.3 is 0 Å². The number of benzene rings is 2. The van der Waals surface area contributed by atoms with Gasteiger partial charge in [-0.25, -0.2) is 4.39 Å². The highest BCUT2D eigenvalue weighted by atomic mass is 79.9. The van der Waals surface area contributed by atoms with Crippen molar-refractivity contribution in [3.8, 4) is 0 Å². The Morgan fingerprint density at radius 2 is 1.84 bits per heavy atom. The van der Waals surface area contributed by atoms with Gasteiger partial charge in [0.05, 0.1) is 0 Å². The molecule has 0 bridgehead atoms. The van der Waals surface area contributed by atoms with Gasteiger partial charge in [0, 0.05) is 15.1 Å². The summed E-state index contributed by atoms with van der Waals surface area (Å²) in [6, 6.07) is 8.44. The van der Waals surface area contributed by atoms with Gasteiger partial charge in [0.2, 0.25) is 0 Å². The molecule has 0 amide bonds. The Labute approximate surface area is 125 Å². The summed E-state index contributed by atoms with van der Waals surface area (Å²) in [6.07, 6.45) is -0.888. The fraction of sp³-hybridized carbons (Fsp3) is 0.200. The standard InChI is InChI=1S/C15H13BrClFO/c1-8-4-3-5-10(14(8)16)15(19)11-6-9(2)13(18)7-12(11)17/h3-7,15,19H,1-2H3. The van der Waals surface area contributed by atoms with E-state index in [1.165, 1.54) is 6.07 Å². The second-order valence-electron chi connectivity index (χ2n) is 4.50. The molecule has 0 aliphatic rings. The van der Waals surface area contributed by atoms with Gasteiger partial charge in [-0.1, -0.05) is 45.7 Å². The zero-order valence-corrected chi connectivity index (χ0v) is 12.9. The number of halogens is 3. The van der Waals surface area contributed by atoms with Gasteiger partial charge in [0.1, 0.15) is 11.9 Å². The van der Waals surface area contributed by atoms with E-state index in [0.717, 1.165) is 10.0 Å². The summed E-state index contributed by atoms with van der Waals surface area (Å²) in [5.41, 5.74) is 2.70. The average molecular weight is 344 g/mol. The van der Waals surface area contributed by atoms with Crippen LogP contribution >= 0.6 is 27.5 Å². The van der Waals surface area contributed by atoms with Crippen molar-refractivity contribution in [1.29, 1.82) is 0 Å². The summed E-state index contributed by atoms with van der Waals surface area (Å²) < 4.78 is 14.2. The van der Waals surface area contributed by atoms with Crippen molar-refractivity contribution < 1.29 is 9.50 Å². The van der Waals surface area contributed by atoms with Gasteiger partial charge < -0.3 is 5.11 Å². The molecule has 2 aromatic rings. The van der Waals surface area contributed by atoms with E-state index >= 15 is 0 Å². The van der Waals surface area contributed by atoms with Crippen LogP contribution in [0, 0.1) is 19.7 Å². The van der Waals surface area contributed by atoms with Gasteiger partial charge in [-0.15, -0.1) is 0 Å². The van der Waals surface area contributed by atoms with E-state index in [4.69, 9.17) is 11.6 Å². The first-order chi connectivity index (χ1) is 8.91. The third kappa shape index (κ3) is 2.83. The third-order valence-corrected chi connectivity index (χ3v) is 4.50. The fourth-order valence-electron chi connectivity index (χ4n) is 1.94. The smallest absolute Gasteiger partial charge is 0.127 e. The number of hydrogen-bond donors (Lipinski definition) is 1. The van der Waals surface area contributed by atoms with E-state index in [9.17, 15) is 9.50 Å². The van der Waals surface area contributed by atoms with Crippen LogP contribution in [-0.4, -0.2) is 5.11 Å². The minimum Gasteiger partial charge on any atom is -0.384 e. The predicted octanol–water partition coefficient (Wildman–Crippen LogP) is 4.94. The molecule has 100 valence electrons. The van der Waals surface area contributed by atoms with E-state index in [0.29, 0.717) is 16.7 Å². The zero-order chi connectivity index (χ0) is 14.2. The SMILES string of the molecule is Cc1cc(C(O)c2cccc(C)c2Br)c(Cl)cc1F. The van der Waals surface area contributed by atoms with Gasteiger partial charge in [-0.3, -0.25) is 0 Å². The Bertz CT molecular complexity index is 628. The minimum absolute atomic E-state index is 0.226. The molecular formula is C15H13BrClFO. The molecule has 0 radical (unpaired) electrons. The molecule has 1 N–H and O–H groups in total. The molecule has 4 heteroatoms. The lowest BCUT2D eigenvalue weighted by atomic mass is 9.98. The molecule has 0 saturated carbocycles. The van der Waals surface area contributed by atoms with Crippen LogP contribution in [-0.2, 0) is 0 Å². The lowest BCUT2D eigenvalue weighted by molar-refractivity contribution is 0.219. The van der Waals surface area contributed by atoms with Gasteiger partial charge in [0.15, 0.2) is 0 Å². The largest absolute Gasteiger partial charge is 0.384 e. The maximum absolute atomic E-state index is 13.4. The second-order valence-corrected chi connectivity index (χ2v) is 5.70. The summed E-state index contributed by atoms with van der Waals surface area (Å²) in [5, 5.41) is 10.7. The molecule has 0 aliphatic carbocycles. The first-order valence-electron chi connectivity index (χ1n) is 5.80. The molecule has 0 aromatic heterocycles. The van der Waals surface area contributed by atoms with E-state index < -0.39 is 6.10 Å². The Hall–Kier alpha value is -0.900. The highest BCUT2D eigenvalue weighted by Gasteiger charge is 2.18. The number of aryl methyl sites for hydroxylation is 2. The number of aliphatic hydroxyl groups excluding tert-OH is 1. The summed E-state index contributed by atoms with van der Waals surface area (Å²) in [6.45, 7) is 3.59. The summed E-state index contributed by atoms with van der Waals surface area (Å²) in [5.74, 6) is -0.371. The molecule has 0 saturated heterocycles. The Morgan fingerprint density at radius 3 is 2.53 bits per heavy atom. The quantitative estimate of drug-likeness (QED) is 0.819.